The Morgan fingerprint density at radius 2 is 1.64 bits per heavy atom. The average molecular weight is 389 g/mol. The van der Waals surface area contributed by atoms with Gasteiger partial charge in [-0.3, -0.25) is 0 Å². The first-order valence-electron chi connectivity index (χ1n) is 9.03. The number of hydrogen-bond acceptors (Lipinski definition) is 3. The molecule has 1 aliphatic rings. The van der Waals surface area contributed by atoms with Crippen LogP contribution in [0, 0.1) is 17.6 Å². The second-order valence-electron chi connectivity index (χ2n) is 6.54. The summed E-state index contributed by atoms with van der Waals surface area (Å²) in [7, 11) is 0. The number of hydrogen-bond donors (Lipinski definition) is 2. The van der Waals surface area contributed by atoms with Gasteiger partial charge in [0.15, 0.2) is 0 Å². The number of urea groups is 1. The molecule has 148 valence electrons. The Balaban J connectivity index is 1.41. The second-order valence-corrected chi connectivity index (χ2v) is 6.54. The molecule has 2 N–H and O–H groups in total. The summed E-state index contributed by atoms with van der Waals surface area (Å²) in [5, 5.41) is 4.81. The quantitative estimate of drug-likeness (QED) is 0.831. The van der Waals surface area contributed by atoms with Crippen LogP contribution in [0.1, 0.15) is 12.8 Å². The van der Waals surface area contributed by atoms with E-state index in [1.54, 1.807) is 29.2 Å². The maximum absolute atomic E-state index is 13.5. The highest BCUT2D eigenvalue weighted by Gasteiger charge is 2.24. The Kier molecular flexibility index (Phi) is 6.41. The maximum atomic E-state index is 13.5. The molecule has 6 nitrogen and oxygen atoms in total. The maximum Gasteiger partial charge on any atom is 0.415 e. The molecule has 8 heteroatoms. The van der Waals surface area contributed by atoms with Crippen molar-refractivity contribution in [3.63, 3.8) is 0 Å². The first kappa shape index (κ1) is 19.6. The number of anilines is 1. The molecule has 0 atom stereocenters. The molecule has 1 aliphatic heterocycles. The van der Waals surface area contributed by atoms with Crippen molar-refractivity contribution in [2.45, 2.75) is 12.8 Å². The lowest BCUT2D eigenvalue weighted by Gasteiger charge is -2.31. The first-order valence-corrected chi connectivity index (χ1v) is 9.03. The third-order valence-corrected chi connectivity index (χ3v) is 4.57. The van der Waals surface area contributed by atoms with E-state index in [2.05, 4.69) is 10.6 Å². The summed E-state index contributed by atoms with van der Waals surface area (Å²) in [6.45, 7) is 1.38. The first-order chi connectivity index (χ1) is 13.5. The molecule has 3 rings (SSSR count). The van der Waals surface area contributed by atoms with Crippen LogP contribution in [0.2, 0.25) is 0 Å². The lowest BCUT2D eigenvalue weighted by molar-refractivity contribution is 0.130. The Labute approximate surface area is 161 Å². The van der Waals surface area contributed by atoms with Gasteiger partial charge in [0.2, 0.25) is 0 Å². The molecule has 0 spiro atoms. The third-order valence-electron chi connectivity index (χ3n) is 4.57. The minimum atomic E-state index is -0.833. The summed E-state index contributed by atoms with van der Waals surface area (Å²) in [5.41, 5.74) is -0.474. The van der Waals surface area contributed by atoms with E-state index in [4.69, 9.17) is 4.74 Å². The van der Waals surface area contributed by atoms with Crippen molar-refractivity contribution in [1.29, 1.82) is 0 Å². The van der Waals surface area contributed by atoms with E-state index in [-0.39, 0.29) is 5.92 Å². The number of nitrogens with one attached hydrogen (secondary N) is 2. The van der Waals surface area contributed by atoms with E-state index in [0.717, 1.165) is 12.1 Å². The van der Waals surface area contributed by atoms with E-state index in [0.29, 0.717) is 38.2 Å². The van der Waals surface area contributed by atoms with Gasteiger partial charge in [-0.15, -0.1) is 0 Å². The van der Waals surface area contributed by atoms with E-state index in [9.17, 15) is 18.4 Å². The van der Waals surface area contributed by atoms with Gasteiger partial charge in [-0.05, 0) is 43.0 Å². The van der Waals surface area contributed by atoms with Gasteiger partial charge in [-0.2, -0.15) is 0 Å². The van der Waals surface area contributed by atoms with Crippen molar-refractivity contribution in [1.82, 2.24) is 10.2 Å². The number of halogens is 2. The summed E-state index contributed by atoms with van der Waals surface area (Å²) >= 11 is 0. The number of nitrogens with zero attached hydrogens (tertiary/aromatic N) is 1. The van der Waals surface area contributed by atoms with Crippen LogP contribution < -0.4 is 15.4 Å². The van der Waals surface area contributed by atoms with E-state index in [1.165, 1.54) is 6.07 Å². The van der Waals surface area contributed by atoms with Crippen molar-refractivity contribution < 1.29 is 23.1 Å². The monoisotopic (exact) mass is 389 g/mol. The van der Waals surface area contributed by atoms with Gasteiger partial charge >= 0.3 is 12.1 Å². The van der Waals surface area contributed by atoms with Gasteiger partial charge in [0.05, 0.1) is 0 Å². The van der Waals surface area contributed by atoms with Crippen LogP contribution in [0.15, 0.2) is 48.5 Å². The molecule has 1 saturated heterocycles. The fourth-order valence-corrected chi connectivity index (χ4v) is 2.99. The molecule has 0 aliphatic carbocycles. The third kappa shape index (κ3) is 5.18. The normalized spacial score (nSPS) is 14.4. The lowest BCUT2D eigenvalue weighted by atomic mass is 9.97. The highest BCUT2D eigenvalue weighted by molar-refractivity contribution is 5.89. The van der Waals surface area contributed by atoms with Crippen LogP contribution >= 0.6 is 0 Å². The topological polar surface area (TPSA) is 70.7 Å². The fourth-order valence-electron chi connectivity index (χ4n) is 2.99. The zero-order chi connectivity index (χ0) is 19.9. The Hall–Kier alpha value is -3.16. The van der Waals surface area contributed by atoms with Gasteiger partial charge in [0, 0.05) is 19.6 Å². The van der Waals surface area contributed by atoms with Crippen molar-refractivity contribution >= 4 is 17.8 Å². The molecule has 28 heavy (non-hydrogen) atoms. The summed E-state index contributed by atoms with van der Waals surface area (Å²) < 4.78 is 32.4. The standard InChI is InChI=1S/C20H21F2N3O3/c21-16-7-4-8-17(22)18(16)24-19(26)23-13-14-9-11-25(12-10-14)20(27)28-15-5-2-1-3-6-15/h1-8,14H,9-13H2,(H2,23,24,26). The summed E-state index contributed by atoms with van der Waals surface area (Å²) in [6.07, 6.45) is 0.988. The number of piperidine rings is 1. The van der Waals surface area contributed by atoms with Gasteiger partial charge in [0.1, 0.15) is 23.1 Å². The van der Waals surface area contributed by atoms with E-state index in [1.807, 2.05) is 6.07 Å². The van der Waals surface area contributed by atoms with Crippen LogP contribution in [0.4, 0.5) is 24.1 Å². The number of rotatable bonds is 4. The van der Waals surface area contributed by atoms with Gasteiger partial charge < -0.3 is 20.3 Å². The van der Waals surface area contributed by atoms with Crippen LogP contribution in [-0.4, -0.2) is 36.7 Å². The summed E-state index contributed by atoms with van der Waals surface area (Å²) in [6, 6.07) is 11.5. The molecule has 1 fully saturated rings. The molecule has 3 amide bonds. The van der Waals surface area contributed by atoms with Crippen molar-refractivity contribution in [2.24, 2.45) is 5.92 Å². The number of para-hydroxylation sites is 2. The van der Waals surface area contributed by atoms with Crippen LogP contribution in [-0.2, 0) is 0 Å². The largest absolute Gasteiger partial charge is 0.415 e. The Bertz CT molecular complexity index is 804. The molecule has 2 aromatic rings. The summed E-state index contributed by atoms with van der Waals surface area (Å²) in [4.78, 5) is 25.7. The molecule has 1 heterocycles. The number of carbonyl (C=O) groups is 2. The molecule has 2 aromatic carbocycles. The van der Waals surface area contributed by atoms with Gasteiger partial charge in [-0.1, -0.05) is 24.3 Å². The van der Waals surface area contributed by atoms with Gasteiger partial charge in [-0.25, -0.2) is 18.4 Å². The zero-order valence-electron chi connectivity index (χ0n) is 15.2. The minimum Gasteiger partial charge on any atom is -0.410 e. The van der Waals surface area contributed by atoms with Crippen LogP contribution in [0.3, 0.4) is 0 Å². The predicted octanol–water partition coefficient (Wildman–Crippen LogP) is 4.00. The number of benzene rings is 2. The Morgan fingerprint density at radius 3 is 2.29 bits per heavy atom. The zero-order valence-corrected chi connectivity index (χ0v) is 15.2. The van der Waals surface area contributed by atoms with Crippen LogP contribution in [0.25, 0.3) is 0 Å². The van der Waals surface area contributed by atoms with Crippen molar-refractivity contribution in [3.8, 4) is 5.75 Å². The number of ether oxygens (including phenoxy) is 1. The van der Waals surface area contributed by atoms with E-state index < -0.39 is 29.4 Å². The molecule has 0 saturated carbocycles. The highest BCUT2D eigenvalue weighted by atomic mass is 19.1. The van der Waals surface area contributed by atoms with Crippen molar-refractivity contribution in [3.05, 3.63) is 60.2 Å². The average Bonchev–Trinajstić information content (AvgIpc) is 2.70. The van der Waals surface area contributed by atoms with Gasteiger partial charge in [0.25, 0.3) is 0 Å². The molecular weight excluding hydrogens is 368 g/mol. The minimum absolute atomic E-state index is 0.164. The highest BCUT2D eigenvalue weighted by Crippen LogP contribution is 2.20. The second kappa shape index (κ2) is 9.16. The smallest absolute Gasteiger partial charge is 0.410 e. The summed E-state index contributed by atoms with van der Waals surface area (Å²) in [5.74, 6) is -1.01. The SMILES string of the molecule is O=C(NCC1CCN(C(=O)Oc2ccccc2)CC1)Nc1c(F)cccc1F. The number of carbonyl (C=O) groups excluding carboxylic acids is 2. The van der Waals surface area contributed by atoms with E-state index >= 15 is 0 Å². The fraction of sp³-hybridized carbons (Fsp3) is 0.300. The number of likely N-dealkylation sites (tertiary alicyclic amines) is 1. The Morgan fingerprint density at radius 1 is 1.00 bits per heavy atom. The molecule has 0 aromatic heterocycles. The molecule has 0 radical (unpaired) electrons. The van der Waals surface area contributed by atoms with Crippen molar-refractivity contribution in [2.75, 3.05) is 25.0 Å². The molecule has 0 unspecified atom stereocenters. The molecular formula is C20H21F2N3O3. The molecule has 0 bridgehead atoms. The number of amides is 3. The lowest BCUT2D eigenvalue weighted by Crippen LogP contribution is -2.43. The predicted molar refractivity (Wildman–Crippen MR) is 100 cm³/mol. The van der Waals surface area contributed by atoms with Crippen LogP contribution in [0.5, 0.6) is 5.75 Å².